The van der Waals surface area contributed by atoms with Gasteiger partial charge in [0, 0.05) is 22.3 Å². The van der Waals surface area contributed by atoms with E-state index in [-0.39, 0.29) is 12.6 Å². The lowest BCUT2D eigenvalue weighted by Crippen LogP contribution is -2.29. The fourth-order valence-corrected chi connectivity index (χ4v) is 2.04. The van der Waals surface area contributed by atoms with Crippen molar-refractivity contribution in [1.29, 1.82) is 0 Å². The van der Waals surface area contributed by atoms with E-state index >= 15 is 0 Å². The van der Waals surface area contributed by atoms with Gasteiger partial charge in [0.1, 0.15) is 0 Å². The highest BCUT2D eigenvalue weighted by Crippen LogP contribution is 2.25. The number of aromatic nitrogens is 1. The van der Waals surface area contributed by atoms with Gasteiger partial charge in [0.2, 0.25) is 0 Å². The van der Waals surface area contributed by atoms with Crippen molar-refractivity contribution in [1.82, 2.24) is 4.98 Å². The molecule has 0 aliphatic carbocycles. The Labute approximate surface area is 112 Å². The fraction of sp³-hybridized carbons (Fsp3) is 0.357. The zero-order valence-electron chi connectivity index (χ0n) is 10.5. The van der Waals surface area contributed by atoms with E-state index in [4.69, 9.17) is 11.6 Å². The average Bonchev–Trinajstić information content (AvgIpc) is 2.35. The van der Waals surface area contributed by atoms with E-state index in [1.54, 1.807) is 6.20 Å². The van der Waals surface area contributed by atoms with Crippen LogP contribution in [0.5, 0.6) is 0 Å². The van der Waals surface area contributed by atoms with Crippen LogP contribution < -0.4 is 5.32 Å². The van der Waals surface area contributed by atoms with E-state index in [1.165, 1.54) is 0 Å². The molecule has 1 atom stereocenters. The normalized spacial score (nSPS) is 12.9. The van der Waals surface area contributed by atoms with Gasteiger partial charge < -0.3 is 10.4 Å². The Morgan fingerprint density at radius 2 is 2.11 bits per heavy atom. The summed E-state index contributed by atoms with van der Waals surface area (Å²) in [6, 6.07) is 7.58. The molecule has 0 unspecified atom stereocenters. The predicted molar refractivity (Wildman–Crippen MR) is 76.1 cm³/mol. The van der Waals surface area contributed by atoms with Crippen molar-refractivity contribution in [2.24, 2.45) is 5.92 Å². The molecule has 0 saturated heterocycles. The Kier molecular flexibility index (Phi) is 4.04. The molecule has 4 heteroatoms. The molecule has 0 bridgehead atoms. The maximum atomic E-state index is 9.37. The van der Waals surface area contributed by atoms with E-state index in [2.05, 4.69) is 24.1 Å². The number of benzene rings is 1. The van der Waals surface area contributed by atoms with Crippen LogP contribution in [0.25, 0.3) is 10.9 Å². The first kappa shape index (κ1) is 13.1. The second-order valence-corrected chi connectivity index (χ2v) is 5.13. The van der Waals surface area contributed by atoms with Crippen LogP contribution in [0.3, 0.4) is 0 Å². The smallest absolute Gasteiger partial charge is 0.0737 e. The van der Waals surface area contributed by atoms with Gasteiger partial charge in [-0.2, -0.15) is 0 Å². The van der Waals surface area contributed by atoms with Crippen LogP contribution in [0.15, 0.2) is 30.5 Å². The molecule has 0 radical (unpaired) electrons. The summed E-state index contributed by atoms with van der Waals surface area (Å²) >= 11 is 5.95. The highest BCUT2D eigenvalue weighted by molar-refractivity contribution is 6.31. The Balaban J connectivity index is 2.39. The van der Waals surface area contributed by atoms with Gasteiger partial charge in [-0.25, -0.2) is 0 Å². The minimum absolute atomic E-state index is 0.0336. The fourth-order valence-electron chi connectivity index (χ4n) is 1.87. The molecular formula is C14H17ClN2O. The predicted octanol–water partition coefficient (Wildman–Crippen LogP) is 3.32. The van der Waals surface area contributed by atoms with Crippen molar-refractivity contribution in [3.8, 4) is 0 Å². The summed E-state index contributed by atoms with van der Waals surface area (Å²) in [4.78, 5) is 4.29. The molecular weight excluding hydrogens is 248 g/mol. The Bertz CT molecular complexity index is 542. The molecule has 0 saturated carbocycles. The third kappa shape index (κ3) is 2.74. The minimum Gasteiger partial charge on any atom is -0.394 e. The van der Waals surface area contributed by atoms with Gasteiger partial charge in [0.05, 0.1) is 18.2 Å². The highest BCUT2D eigenvalue weighted by atomic mass is 35.5. The van der Waals surface area contributed by atoms with Gasteiger partial charge in [0.15, 0.2) is 0 Å². The number of rotatable bonds is 4. The standard InChI is InChI=1S/C14H17ClN2O/c1-9(2)14(8-18)17-12-5-6-16-13-7-10(15)3-4-11(12)13/h3-7,9,14,18H,8H2,1-2H3,(H,16,17)/t14-/m1/s1. The second-order valence-electron chi connectivity index (χ2n) is 4.70. The van der Waals surface area contributed by atoms with Crippen molar-refractivity contribution in [2.45, 2.75) is 19.9 Å². The zero-order valence-corrected chi connectivity index (χ0v) is 11.3. The summed E-state index contributed by atoms with van der Waals surface area (Å²) in [6.45, 7) is 4.26. The van der Waals surface area contributed by atoms with E-state index in [0.717, 1.165) is 16.6 Å². The number of hydrogen-bond donors (Lipinski definition) is 2. The third-order valence-electron chi connectivity index (χ3n) is 3.05. The number of hydrogen-bond acceptors (Lipinski definition) is 3. The number of aliphatic hydroxyl groups is 1. The van der Waals surface area contributed by atoms with E-state index in [9.17, 15) is 5.11 Å². The van der Waals surface area contributed by atoms with Gasteiger partial charge in [-0.3, -0.25) is 4.98 Å². The highest BCUT2D eigenvalue weighted by Gasteiger charge is 2.13. The van der Waals surface area contributed by atoms with Gasteiger partial charge in [-0.1, -0.05) is 25.4 Å². The molecule has 0 aliphatic heterocycles. The van der Waals surface area contributed by atoms with Gasteiger partial charge in [0.25, 0.3) is 0 Å². The summed E-state index contributed by atoms with van der Waals surface area (Å²) in [5, 5.41) is 14.4. The third-order valence-corrected chi connectivity index (χ3v) is 3.28. The first-order chi connectivity index (χ1) is 8.61. The molecule has 2 rings (SSSR count). The van der Waals surface area contributed by atoms with Crippen molar-refractivity contribution in [3.05, 3.63) is 35.5 Å². The van der Waals surface area contributed by atoms with Crippen LogP contribution in [0.4, 0.5) is 5.69 Å². The monoisotopic (exact) mass is 264 g/mol. The summed E-state index contributed by atoms with van der Waals surface area (Å²) in [5.41, 5.74) is 1.83. The molecule has 18 heavy (non-hydrogen) atoms. The lowest BCUT2D eigenvalue weighted by atomic mass is 10.0. The molecule has 0 amide bonds. The van der Waals surface area contributed by atoms with Crippen LogP contribution in [0.2, 0.25) is 5.02 Å². The molecule has 2 aromatic rings. The molecule has 0 aliphatic rings. The molecule has 1 heterocycles. The van der Waals surface area contributed by atoms with Gasteiger partial charge >= 0.3 is 0 Å². The number of nitrogens with one attached hydrogen (secondary N) is 1. The summed E-state index contributed by atoms with van der Waals surface area (Å²) in [5.74, 6) is 0.352. The molecule has 3 nitrogen and oxygen atoms in total. The minimum atomic E-state index is 0.0336. The summed E-state index contributed by atoms with van der Waals surface area (Å²) in [6.07, 6.45) is 1.75. The van der Waals surface area contributed by atoms with Gasteiger partial charge in [-0.05, 0) is 30.2 Å². The Hall–Kier alpha value is -1.32. The molecule has 1 aromatic heterocycles. The molecule has 96 valence electrons. The first-order valence-corrected chi connectivity index (χ1v) is 6.41. The summed E-state index contributed by atoms with van der Waals surface area (Å²) in [7, 11) is 0. The second kappa shape index (κ2) is 5.55. The van der Waals surface area contributed by atoms with Crippen molar-refractivity contribution >= 4 is 28.2 Å². The average molecular weight is 265 g/mol. The zero-order chi connectivity index (χ0) is 13.1. The van der Waals surface area contributed by atoms with Crippen LogP contribution in [-0.2, 0) is 0 Å². The molecule has 0 fully saturated rings. The van der Waals surface area contributed by atoms with E-state index in [1.807, 2.05) is 24.3 Å². The van der Waals surface area contributed by atoms with Crippen LogP contribution in [0.1, 0.15) is 13.8 Å². The maximum absolute atomic E-state index is 9.37. The molecule has 2 N–H and O–H groups in total. The number of aliphatic hydroxyl groups excluding tert-OH is 1. The van der Waals surface area contributed by atoms with Gasteiger partial charge in [-0.15, -0.1) is 0 Å². The molecule has 1 aromatic carbocycles. The lowest BCUT2D eigenvalue weighted by Gasteiger charge is -2.22. The van der Waals surface area contributed by atoms with Crippen LogP contribution in [0, 0.1) is 5.92 Å². The molecule has 0 spiro atoms. The van der Waals surface area contributed by atoms with Crippen molar-refractivity contribution in [3.63, 3.8) is 0 Å². The van der Waals surface area contributed by atoms with E-state index < -0.39 is 0 Å². The Morgan fingerprint density at radius 1 is 1.33 bits per heavy atom. The lowest BCUT2D eigenvalue weighted by molar-refractivity contribution is 0.249. The van der Waals surface area contributed by atoms with E-state index in [0.29, 0.717) is 10.9 Å². The number of halogens is 1. The summed E-state index contributed by atoms with van der Waals surface area (Å²) < 4.78 is 0. The number of nitrogens with zero attached hydrogens (tertiary/aromatic N) is 1. The number of anilines is 1. The van der Waals surface area contributed by atoms with Crippen molar-refractivity contribution in [2.75, 3.05) is 11.9 Å². The van der Waals surface area contributed by atoms with Crippen LogP contribution >= 0.6 is 11.6 Å². The topological polar surface area (TPSA) is 45.1 Å². The Morgan fingerprint density at radius 3 is 2.78 bits per heavy atom. The number of fused-ring (bicyclic) bond motifs is 1. The largest absolute Gasteiger partial charge is 0.394 e. The maximum Gasteiger partial charge on any atom is 0.0737 e. The quantitative estimate of drug-likeness (QED) is 0.891. The number of pyridine rings is 1. The SMILES string of the molecule is CC(C)[C@@H](CO)Nc1ccnc2cc(Cl)ccc12. The first-order valence-electron chi connectivity index (χ1n) is 6.03. The van der Waals surface area contributed by atoms with Crippen LogP contribution in [-0.4, -0.2) is 22.7 Å². The van der Waals surface area contributed by atoms with Crippen molar-refractivity contribution < 1.29 is 5.11 Å².